The third-order valence-corrected chi connectivity index (χ3v) is 7.11. The highest BCUT2D eigenvalue weighted by molar-refractivity contribution is 7.91. The number of rotatable bonds is 5. The van der Waals surface area contributed by atoms with Gasteiger partial charge in [-0.3, -0.25) is 5.32 Å². The molecule has 1 aliphatic rings. The van der Waals surface area contributed by atoms with E-state index >= 15 is 0 Å². The molecule has 3 rings (SSSR count). The monoisotopic (exact) mass is 375 g/mol. The van der Waals surface area contributed by atoms with Crippen LogP contribution in [0.4, 0.5) is 0 Å². The molecule has 1 heterocycles. The zero-order valence-electron chi connectivity index (χ0n) is 13.3. The molecule has 1 aliphatic heterocycles. The predicted octanol–water partition coefficient (Wildman–Crippen LogP) is 1.28. The Morgan fingerprint density at radius 1 is 0.800 bits per heavy atom. The smallest absolute Gasteiger partial charge is 0.189 e. The van der Waals surface area contributed by atoms with Gasteiger partial charge in [0.25, 0.3) is 0 Å². The van der Waals surface area contributed by atoms with Gasteiger partial charge in [-0.1, -0.05) is 48.2 Å². The van der Waals surface area contributed by atoms with E-state index in [1.54, 1.807) is 48.5 Å². The first-order valence-electron chi connectivity index (χ1n) is 7.68. The maximum absolute atomic E-state index is 12.3. The van der Waals surface area contributed by atoms with Crippen molar-refractivity contribution in [3.8, 4) is 11.8 Å². The highest BCUT2D eigenvalue weighted by Crippen LogP contribution is 2.18. The average Bonchev–Trinajstić information content (AvgIpc) is 3.33. The first kappa shape index (κ1) is 17.7. The fourth-order valence-corrected chi connectivity index (χ4v) is 4.92. The fraction of sp³-hybridized carbons (Fsp3) is 0.222. The van der Waals surface area contributed by atoms with Crippen LogP contribution >= 0.6 is 0 Å². The van der Waals surface area contributed by atoms with Crippen molar-refractivity contribution in [2.75, 3.05) is 11.5 Å². The van der Waals surface area contributed by atoms with Gasteiger partial charge >= 0.3 is 0 Å². The summed E-state index contributed by atoms with van der Waals surface area (Å²) in [5, 5.41) is 2.97. The van der Waals surface area contributed by atoms with Gasteiger partial charge in [-0.15, -0.1) is 0 Å². The van der Waals surface area contributed by atoms with Gasteiger partial charge in [0.15, 0.2) is 19.7 Å². The third kappa shape index (κ3) is 4.48. The van der Waals surface area contributed by atoms with Gasteiger partial charge in [-0.05, 0) is 24.3 Å². The van der Waals surface area contributed by atoms with Crippen molar-refractivity contribution in [3.05, 3.63) is 60.7 Å². The Bertz CT molecular complexity index is 1000. The molecular weight excluding hydrogens is 358 g/mol. The van der Waals surface area contributed by atoms with E-state index in [-0.39, 0.29) is 33.4 Å². The molecule has 2 aromatic rings. The minimum Gasteiger partial charge on any atom is -0.296 e. The molecule has 25 heavy (non-hydrogen) atoms. The molecule has 7 heteroatoms. The van der Waals surface area contributed by atoms with Crippen LogP contribution in [0, 0.1) is 11.8 Å². The number of nitrogens with one attached hydrogen (secondary N) is 1. The predicted molar refractivity (Wildman–Crippen MR) is 95.5 cm³/mol. The molecule has 0 amide bonds. The van der Waals surface area contributed by atoms with Gasteiger partial charge in [0, 0.05) is 6.04 Å². The summed E-state index contributed by atoms with van der Waals surface area (Å²) < 4.78 is 48.7. The van der Waals surface area contributed by atoms with Crippen molar-refractivity contribution in [2.24, 2.45) is 0 Å². The van der Waals surface area contributed by atoms with E-state index < -0.39 is 19.7 Å². The summed E-state index contributed by atoms with van der Waals surface area (Å²) in [6.45, 7) is 0. The van der Waals surface area contributed by atoms with Gasteiger partial charge in [-0.2, -0.15) is 0 Å². The molecule has 2 aromatic carbocycles. The van der Waals surface area contributed by atoms with Crippen LogP contribution in [0.5, 0.6) is 0 Å². The quantitative estimate of drug-likeness (QED) is 0.628. The van der Waals surface area contributed by atoms with E-state index in [9.17, 15) is 16.8 Å². The van der Waals surface area contributed by atoms with Gasteiger partial charge < -0.3 is 0 Å². The SMILES string of the molecule is O=S(=O)(CC#CC1NC1CS(=O)(=O)c1ccccc1)c1ccccc1. The van der Waals surface area contributed by atoms with E-state index in [0.29, 0.717) is 0 Å². The number of hydrogen-bond acceptors (Lipinski definition) is 5. The molecule has 0 spiro atoms. The van der Waals surface area contributed by atoms with Crippen molar-refractivity contribution < 1.29 is 16.8 Å². The lowest BCUT2D eigenvalue weighted by Crippen LogP contribution is -2.14. The van der Waals surface area contributed by atoms with Crippen molar-refractivity contribution in [1.29, 1.82) is 0 Å². The molecule has 0 bridgehead atoms. The summed E-state index contributed by atoms with van der Waals surface area (Å²) in [7, 11) is -6.82. The standard InChI is InChI=1S/C18H17NO4S2/c20-24(21,15-8-3-1-4-9-15)13-7-12-17-18(19-17)14-25(22,23)16-10-5-2-6-11-16/h1-6,8-11,17-19H,13-14H2. The number of sulfone groups is 2. The zero-order chi connectivity index (χ0) is 17.9. The van der Waals surface area contributed by atoms with Crippen LogP contribution in [0.25, 0.3) is 0 Å². The van der Waals surface area contributed by atoms with E-state index in [4.69, 9.17) is 0 Å². The molecule has 2 atom stereocenters. The minimum atomic E-state index is -3.44. The molecule has 0 aliphatic carbocycles. The van der Waals surface area contributed by atoms with Gasteiger partial charge in [0.2, 0.25) is 0 Å². The fourth-order valence-electron chi connectivity index (χ4n) is 2.38. The van der Waals surface area contributed by atoms with Crippen LogP contribution in [0.2, 0.25) is 0 Å². The lowest BCUT2D eigenvalue weighted by molar-refractivity contribution is 0.594. The Hall–Kier alpha value is -2.14. The second-order valence-corrected chi connectivity index (χ2v) is 9.76. The van der Waals surface area contributed by atoms with Crippen LogP contribution < -0.4 is 5.32 Å². The Labute approximate surface area is 147 Å². The van der Waals surface area contributed by atoms with Crippen LogP contribution in [0.15, 0.2) is 70.5 Å². The Morgan fingerprint density at radius 3 is 1.88 bits per heavy atom. The maximum Gasteiger partial charge on any atom is 0.189 e. The molecule has 1 saturated heterocycles. The van der Waals surface area contributed by atoms with Crippen molar-refractivity contribution in [3.63, 3.8) is 0 Å². The Kier molecular flexibility index (Phi) is 4.95. The molecule has 1 N–H and O–H groups in total. The van der Waals surface area contributed by atoms with Crippen LogP contribution in [-0.4, -0.2) is 40.4 Å². The number of benzene rings is 2. The van der Waals surface area contributed by atoms with E-state index in [1.807, 2.05) is 0 Å². The molecule has 2 unspecified atom stereocenters. The van der Waals surface area contributed by atoms with Crippen LogP contribution in [-0.2, 0) is 19.7 Å². The normalized spacial score (nSPS) is 19.7. The average molecular weight is 375 g/mol. The van der Waals surface area contributed by atoms with Crippen molar-refractivity contribution in [2.45, 2.75) is 21.9 Å². The summed E-state index contributed by atoms with van der Waals surface area (Å²) in [5.74, 6) is 5.11. The lowest BCUT2D eigenvalue weighted by atomic mass is 10.3. The lowest BCUT2D eigenvalue weighted by Gasteiger charge is -2.01. The minimum absolute atomic E-state index is 0.0538. The molecule has 1 fully saturated rings. The van der Waals surface area contributed by atoms with Gasteiger partial charge in [-0.25, -0.2) is 16.8 Å². The highest BCUT2D eigenvalue weighted by Gasteiger charge is 2.38. The molecule has 0 saturated carbocycles. The van der Waals surface area contributed by atoms with E-state index in [1.165, 1.54) is 12.1 Å². The first-order chi connectivity index (χ1) is 11.9. The van der Waals surface area contributed by atoms with Crippen LogP contribution in [0.1, 0.15) is 0 Å². The van der Waals surface area contributed by atoms with Gasteiger partial charge in [0.05, 0.1) is 21.6 Å². The highest BCUT2D eigenvalue weighted by atomic mass is 32.2. The van der Waals surface area contributed by atoms with Crippen molar-refractivity contribution in [1.82, 2.24) is 5.32 Å². The largest absolute Gasteiger partial charge is 0.296 e. The molecular formula is C18H17NO4S2. The van der Waals surface area contributed by atoms with Crippen molar-refractivity contribution >= 4 is 19.7 Å². The van der Waals surface area contributed by atoms with Gasteiger partial charge in [0.1, 0.15) is 5.75 Å². The summed E-state index contributed by atoms with van der Waals surface area (Å²) in [4.78, 5) is 0.512. The molecule has 0 radical (unpaired) electrons. The maximum atomic E-state index is 12.3. The Balaban J connectivity index is 1.58. The van der Waals surface area contributed by atoms with E-state index in [0.717, 1.165) is 0 Å². The zero-order valence-corrected chi connectivity index (χ0v) is 14.9. The summed E-state index contributed by atoms with van der Waals surface area (Å²) in [6, 6.07) is 15.8. The summed E-state index contributed by atoms with van der Waals surface area (Å²) in [5.41, 5.74) is 0. The van der Waals surface area contributed by atoms with Crippen LogP contribution in [0.3, 0.4) is 0 Å². The Morgan fingerprint density at radius 2 is 1.32 bits per heavy atom. The number of hydrogen-bond donors (Lipinski definition) is 1. The first-order valence-corrected chi connectivity index (χ1v) is 11.0. The molecule has 130 valence electrons. The summed E-state index contributed by atoms with van der Waals surface area (Å²) >= 11 is 0. The molecule has 0 aromatic heterocycles. The van der Waals surface area contributed by atoms with E-state index in [2.05, 4.69) is 17.2 Å². The molecule has 5 nitrogen and oxygen atoms in total. The topological polar surface area (TPSA) is 90.2 Å². The summed E-state index contributed by atoms with van der Waals surface area (Å²) in [6.07, 6.45) is 0. The second-order valence-electron chi connectivity index (χ2n) is 5.74. The third-order valence-electron chi connectivity index (χ3n) is 3.81. The second kappa shape index (κ2) is 7.00.